The maximum absolute atomic E-state index is 12.4. The Morgan fingerprint density at radius 1 is 1.20 bits per heavy atom. The number of carbonyl (C=O) groups is 1. The Morgan fingerprint density at radius 2 is 1.90 bits per heavy atom. The molecule has 0 bridgehead atoms. The molecule has 0 aliphatic carbocycles. The van der Waals surface area contributed by atoms with Crippen LogP contribution in [0.4, 0.5) is 5.69 Å². The molecular weight excluding hydrogens is 424 g/mol. The predicted molar refractivity (Wildman–Crippen MR) is 122 cm³/mol. The third-order valence-corrected chi connectivity index (χ3v) is 6.35. The fraction of sp³-hybridized carbons (Fsp3) is 0.409. The van der Waals surface area contributed by atoms with Crippen molar-refractivity contribution in [2.45, 2.75) is 39.7 Å². The lowest BCUT2D eigenvalue weighted by molar-refractivity contribution is -0.121. The van der Waals surface area contributed by atoms with E-state index in [-0.39, 0.29) is 24.9 Å². The zero-order valence-corrected chi connectivity index (χ0v) is 19.6. The second-order valence-electron chi connectivity index (χ2n) is 7.41. The molecule has 1 atom stereocenters. The minimum Gasteiger partial charge on any atom is -0.495 e. The Morgan fingerprint density at radius 3 is 2.47 bits per heavy atom. The zero-order valence-electron chi connectivity index (χ0n) is 18.0. The summed E-state index contributed by atoms with van der Waals surface area (Å²) in [6, 6.07) is 10.8. The molecule has 0 heterocycles. The molecule has 0 spiro atoms. The minimum atomic E-state index is -3.53. The van der Waals surface area contributed by atoms with Gasteiger partial charge in [-0.25, -0.2) is 8.42 Å². The Kier molecular flexibility index (Phi) is 8.15. The van der Waals surface area contributed by atoms with Crippen molar-refractivity contribution in [3.05, 3.63) is 58.1 Å². The molecular formula is C22H29ClN2O4S. The van der Waals surface area contributed by atoms with Crippen LogP contribution in [0.2, 0.25) is 5.02 Å². The van der Waals surface area contributed by atoms with Gasteiger partial charge in [-0.1, -0.05) is 35.4 Å². The number of amides is 1. The van der Waals surface area contributed by atoms with Gasteiger partial charge in [-0.2, -0.15) is 0 Å². The summed E-state index contributed by atoms with van der Waals surface area (Å²) in [4.78, 5) is 12.4. The first kappa shape index (κ1) is 24.0. The first-order valence-corrected chi connectivity index (χ1v) is 11.9. The average Bonchev–Trinajstić information content (AvgIpc) is 2.64. The zero-order chi connectivity index (χ0) is 22.5. The summed E-state index contributed by atoms with van der Waals surface area (Å²) in [7, 11) is -2.03. The molecule has 0 radical (unpaired) electrons. The third kappa shape index (κ3) is 6.37. The van der Waals surface area contributed by atoms with Gasteiger partial charge in [-0.15, -0.1) is 0 Å². The quantitative estimate of drug-likeness (QED) is 0.612. The normalized spacial score (nSPS) is 12.3. The molecule has 2 aromatic rings. The highest BCUT2D eigenvalue weighted by atomic mass is 35.5. The van der Waals surface area contributed by atoms with E-state index in [9.17, 15) is 13.2 Å². The molecule has 0 fully saturated rings. The number of methoxy groups -OCH3 is 1. The van der Waals surface area contributed by atoms with Gasteiger partial charge in [-0.05, 0) is 56.5 Å². The summed E-state index contributed by atoms with van der Waals surface area (Å²) in [6.45, 7) is 6.17. The predicted octanol–water partition coefficient (Wildman–Crippen LogP) is 4.39. The first-order chi connectivity index (χ1) is 14.0. The van der Waals surface area contributed by atoms with Crippen LogP contribution in [-0.4, -0.2) is 34.2 Å². The van der Waals surface area contributed by atoms with E-state index < -0.39 is 10.0 Å². The molecule has 164 valence electrons. The van der Waals surface area contributed by atoms with Crippen LogP contribution < -0.4 is 14.4 Å². The molecule has 0 aliphatic heterocycles. The van der Waals surface area contributed by atoms with Crippen molar-refractivity contribution >= 4 is 33.2 Å². The van der Waals surface area contributed by atoms with Gasteiger partial charge in [0.15, 0.2) is 0 Å². The number of ether oxygens (including phenoxy) is 1. The van der Waals surface area contributed by atoms with Crippen molar-refractivity contribution in [2.24, 2.45) is 0 Å². The van der Waals surface area contributed by atoms with Crippen molar-refractivity contribution in [3.63, 3.8) is 0 Å². The van der Waals surface area contributed by atoms with Gasteiger partial charge in [0.1, 0.15) is 5.75 Å². The molecule has 2 aromatic carbocycles. The molecule has 30 heavy (non-hydrogen) atoms. The van der Waals surface area contributed by atoms with E-state index in [1.165, 1.54) is 17.0 Å². The summed E-state index contributed by atoms with van der Waals surface area (Å²) in [5.74, 6) is 0.345. The minimum absolute atomic E-state index is 0.121. The van der Waals surface area contributed by atoms with E-state index >= 15 is 0 Å². The number of rotatable bonds is 9. The van der Waals surface area contributed by atoms with E-state index in [4.69, 9.17) is 16.3 Å². The Hall–Kier alpha value is -2.25. The number of anilines is 1. The molecule has 1 unspecified atom stereocenters. The fourth-order valence-electron chi connectivity index (χ4n) is 3.38. The summed E-state index contributed by atoms with van der Waals surface area (Å²) in [5.41, 5.74) is 3.81. The van der Waals surface area contributed by atoms with Crippen LogP contribution in [0, 0.1) is 13.8 Å². The van der Waals surface area contributed by atoms with Gasteiger partial charge in [0.25, 0.3) is 0 Å². The second-order valence-corrected chi connectivity index (χ2v) is 9.72. The number of aryl methyl sites for hydroxylation is 2. The number of halogens is 1. The number of sulfonamides is 1. The molecule has 0 saturated heterocycles. The summed E-state index contributed by atoms with van der Waals surface area (Å²) < 4.78 is 30.9. The lowest BCUT2D eigenvalue weighted by Gasteiger charge is -2.23. The number of carbonyl (C=O) groups excluding carboxylic acids is 1. The van der Waals surface area contributed by atoms with Crippen molar-refractivity contribution in [1.29, 1.82) is 0 Å². The lowest BCUT2D eigenvalue weighted by Crippen LogP contribution is -2.32. The maximum Gasteiger partial charge on any atom is 0.232 e. The fourth-order valence-corrected chi connectivity index (χ4v) is 4.59. The van der Waals surface area contributed by atoms with Crippen LogP contribution in [0.15, 0.2) is 36.4 Å². The number of nitrogens with zero attached hydrogens (tertiary/aromatic N) is 1. The van der Waals surface area contributed by atoms with Crippen LogP contribution in [0.25, 0.3) is 0 Å². The van der Waals surface area contributed by atoms with E-state index in [1.54, 1.807) is 18.2 Å². The smallest absolute Gasteiger partial charge is 0.232 e. The molecule has 1 amide bonds. The van der Waals surface area contributed by atoms with Gasteiger partial charge >= 0.3 is 0 Å². The van der Waals surface area contributed by atoms with Crippen molar-refractivity contribution in [3.8, 4) is 5.75 Å². The molecule has 0 aromatic heterocycles. The standard InChI is InChI=1S/C22H29ClN2O4S/c1-15-8-10-19(16(2)13-15)17(3)24-22(26)7-6-12-25(30(5,27)28)18-9-11-21(29-4)20(23)14-18/h8-11,13-14,17H,6-7,12H2,1-5H3,(H,24,26). The molecule has 2 rings (SSSR count). The van der Waals surface area contributed by atoms with Gasteiger partial charge < -0.3 is 10.1 Å². The highest BCUT2D eigenvalue weighted by molar-refractivity contribution is 7.92. The Bertz CT molecular complexity index is 1010. The maximum atomic E-state index is 12.4. The van der Waals surface area contributed by atoms with Gasteiger partial charge in [0.2, 0.25) is 15.9 Å². The van der Waals surface area contributed by atoms with Gasteiger partial charge in [0.05, 0.1) is 30.1 Å². The van der Waals surface area contributed by atoms with Gasteiger partial charge in [-0.3, -0.25) is 9.10 Å². The highest BCUT2D eigenvalue weighted by Gasteiger charge is 2.19. The SMILES string of the molecule is COc1ccc(N(CCCC(=O)NC(C)c2ccc(C)cc2C)S(C)(=O)=O)cc1Cl. The van der Waals surface area contributed by atoms with Crippen LogP contribution >= 0.6 is 11.6 Å². The summed E-state index contributed by atoms with van der Waals surface area (Å²) >= 11 is 6.14. The number of hydrogen-bond donors (Lipinski definition) is 1. The van der Waals surface area contributed by atoms with Crippen LogP contribution in [0.5, 0.6) is 5.75 Å². The molecule has 0 aliphatic rings. The van der Waals surface area contributed by atoms with E-state index in [0.717, 1.165) is 17.4 Å². The second kappa shape index (κ2) is 10.2. The Labute approximate surface area is 184 Å². The van der Waals surface area contributed by atoms with E-state index in [2.05, 4.69) is 11.4 Å². The van der Waals surface area contributed by atoms with Gasteiger partial charge in [0, 0.05) is 13.0 Å². The molecule has 1 N–H and O–H groups in total. The summed E-state index contributed by atoms with van der Waals surface area (Å²) in [6.07, 6.45) is 1.72. The first-order valence-electron chi connectivity index (χ1n) is 9.70. The largest absolute Gasteiger partial charge is 0.495 e. The van der Waals surface area contributed by atoms with Crippen LogP contribution in [0.3, 0.4) is 0 Å². The molecule has 6 nitrogen and oxygen atoms in total. The van der Waals surface area contributed by atoms with Crippen LogP contribution in [0.1, 0.15) is 42.5 Å². The highest BCUT2D eigenvalue weighted by Crippen LogP contribution is 2.30. The number of nitrogens with one attached hydrogen (secondary N) is 1. The average molecular weight is 453 g/mol. The van der Waals surface area contributed by atoms with E-state index in [0.29, 0.717) is 22.9 Å². The topological polar surface area (TPSA) is 75.7 Å². The lowest BCUT2D eigenvalue weighted by atomic mass is 10.00. The van der Waals surface area contributed by atoms with Crippen molar-refractivity contribution in [2.75, 3.05) is 24.2 Å². The van der Waals surface area contributed by atoms with Crippen molar-refractivity contribution < 1.29 is 17.9 Å². The number of hydrogen-bond acceptors (Lipinski definition) is 4. The monoisotopic (exact) mass is 452 g/mol. The van der Waals surface area contributed by atoms with Crippen LogP contribution in [-0.2, 0) is 14.8 Å². The van der Waals surface area contributed by atoms with Crippen molar-refractivity contribution in [1.82, 2.24) is 5.32 Å². The third-order valence-electron chi connectivity index (χ3n) is 4.86. The summed E-state index contributed by atoms with van der Waals surface area (Å²) in [5, 5.41) is 3.31. The Balaban J connectivity index is 1.99. The molecule has 0 saturated carbocycles. The van der Waals surface area contributed by atoms with E-state index in [1.807, 2.05) is 32.9 Å². The number of benzene rings is 2. The molecule has 8 heteroatoms.